The lowest BCUT2D eigenvalue weighted by Crippen LogP contribution is -2.29. The standard InChI is InChI=1S/C24H17Cl2NO7/c1-32-22-15(10-13(25)11-16(22)26)20(28)18-19(17-7-4-8-34-17)27(23(30)21(18)29)14-6-3-5-12(9-14)24(31)33-2/h3-11,19,28H,1-2H3/b20-18-. The van der Waals surface area contributed by atoms with Gasteiger partial charge >= 0.3 is 5.97 Å². The van der Waals surface area contributed by atoms with Crippen molar-refractivity contribution >= 4 is 52.3 Å². The predicted octanol–water partition coefficient (Wildman–Crippen LogP) is 5.01. The molecule has 1 aromatic heterocycles. The van der Waals surface area contributed by atoms with Crippen molar-refractivity contribution in [3.05, 3.63) is 87.3 Å². The highest BCUT2D eigenvalue weighted by atomic mass is 35.5. The summed E-state index contributed by atoms with van der Waals surface area (Å²) in [6.07, 6.45) is 1.37. The number of esters is 1. The zero-order valence-electron chi connectivity index (χ0n) is 17.9. The maximum Gasteiger partial charge on any atom is 0.337 e. The minimum atomic E-state index is -1.15. The van der Waals surface area contributed by atoms with Gasteiger partial charge in [-0.1, -0.05) is 29.3 Å². The van der Waals surface area contributed by atoms with Crippen LogP contribution in [-0.4, -0.2) is 37.0 Å². The van der Waals surface area contributed by atoms with Gasteiger partial charge in [0.25, 0.3) is 11.7 Å². The van der Waals surface area contributed by atoms with Crippen LogP contribution in [0.15, 0.2) is 64.8 Å². The first-order chi connectivity index (χ1) is 16.3. The van der Waals surface area contributed by atoms with Crippen LogP contribution >= 0.6 is 23.2 Å². The zero-order chi connectivity index (χ0) is 24.6. The second-order valence-electron chi connectivity index (χ2n) is 7.19. The molecule has 10 heteroatoms. The number of ether oxygens (including phenoxy) is 2. The first-order valence-electron chi connectivity index (χ1n) is 9.84. The third kappa shape index (κ3) is 3.91. The summed E-state index contributed by atoms with van der Waals surface area (Å²) in [6, 6.07) is 10.8. The van der Waals surface area contributed by atoms with E-state index in [0.29, 0.717) is 0 Å². The first kappa shape index (κ1) is 23.4. The number of aliphatic hydroxyl groups is 1. The van der Waals surface area contributed by atoms with E-state index < -0.39 is 29.5 Å². The van der Waals surface area contributed by atoms with E-state index in [0.717, 1.165) is 4.90 Å². The largest absolute Gasteiger partial charge is 0.507 e. The van der Waals surface area contributed by atoms with Crippen molar-refractivity contribution in [2.24, 2.45) is 0 Å². The number of furan rings is 1. The minimum absolute atomic E-state index is 0.0258. The number of amides is 1. The van der Waals surface area contributed by atoms with E-state index in [9.17, 15) is 19.5 Å². The van der Waals surface area contributed by atoms with Gasteiger partial charge in [0.15, 0.2) is 0 Å². The van der Waals surface area contributed by atoms with Gasteiger partial charge in [0.1, 0.15) is 23.3 Å². The van der Waals surface area contributed by atoms with Crippen LogP contribution in [0.25, 0.3) is 5.76 Å². The van der Waals surface area contributed by atoms with Crippen LogP contribution < -0.4 is 9.64 Å². The number of hydrogen-bond acceptors (Lipinski definition) is 7. The number of hydrogen-bond donors (Lipinski definition) is 1. The molecule has 2 heterocycles. The van der Waals surface area contributed by atoms with Gasteiger partial charge in [-0.3, -0.25) is 14.5 Å². The molecule has 8 nitrogen and oxygen atoms in total. The van der Waals surface area contributed by atoms with Crippen molar-refractivity contribution in [2.45, 2.75) is 6.04 Å². The number of methoxy groups -OCH3 is 2. The number of anilines is 1. The molecule has 1 saturated heterocycles. The molecule has 0 aliphatic carbocycles. The lowest BCUT2D eigenvalue weighted by atomic mass is 9.98. The lowest BCUT2D eigenvalue weighted by Gasteiger charge is -2.24. The molecule has 0 saturated carbocycles. The fourth-order valence-electron chi connectivity index (χ4n) is 3.80. The third-order valence-electron chi connectivity index (χ3n) is 5.27. The van der Waals surface area contributed by atoms with Gasteiger partial charge in [-0.15, -0.1) is 0 Å². The summed E-state index contributed by atoms with van der Waals surface area (Å²) in [5.41, 5.74) is 0.155. The molecule has 4 rings (SSSR count). The number of carbonyl (C=O) groups excluding carboxylic acids is 3. The van der Waals surface area contributed by atoms with E-state index in [1.807, 2.05) is 0 Å². The Labute approximate surface area is 203 Å². The van der Waals surface area contributed by atoms with Gasteiger partial charge in [0, 0.05) is 10.7 Å². The number of carbonyl (C=O) groups is 3. The lowest BCUT2D eigenvalue weighted by molar-refractivity contribution is -0.132. The zero-order valence-corrected chi connectivity index (χ0v) is 19.4. The Balaban J connectivity index is 1.96. The quantitative estimate of drug-likeness (QED) is 0.226. The van der Waals surface area contributed by atoms with Crippen molar-refractivity contribution in [1.29, 1.82) is 0 Å². The van der Waals surface area contributed by atoms with Crippen LogP contribution in [0.1, 0.15) is 27.7 Å². The van der Waals surface area contributed by atoms with Crippen molar-refractivity contribution < 1.29 is 33.4 Å². The highest BCUT2D eigenvalue weighted by molar-refractivity contribution is 6.51. The summed E-state index contributed by atoms with van der Waals surface area (Å²) < 4.78 is 15.6. The van der Waals surface area contributed by atoms with Crippen LogP contribution in [0.5, 0.6) is 5.75 Å². The molecule has 1 N–H and O–H groups in total. The topological polar surface area (TPSA) is 106 Å². The average molecular weight is 502 g/mol. The van der Waals surface area contributed by atoms with Gasteiger partial charge in [-0.05, 0) is 42.5 Å². The van der Waals surface area contributed by atoms with Crippen LogP contribution in [0.2, 0.25) is 10.0 Å². The van der Waals surface area contributed by atoms with E-state index in [2.05, 4.69) is 0 Å². The highest BCUT2D eigenvalue weighted by Gasteiger charge is 2.48. The Morgan fingerprint density at radius 1 is 1.09 bits per heavy atom. The maximum atomic E-state index is 13.2. The number of aliphatic hydroxyl groups excluding tert-OH is 1. The van der Waals surface area contributed by atoms with Crippen molar-refractivity contribution in [1.82, 2.24) is 0 Å². The maximum absolute atomic E-state index is 13.2. The van der Waals surface area contributed by atoms with Crippen LogP contribution in [-0.2, 0) is 14.3 Å². The Morgan fingerprint density at radius 3 is 2.50 bits per heavy atom. The third-order valence-corrected chi connectivity index (χ3v) is 5.77. The molecular weight excluding hydrogens is 485 g/mol. The van der Waals surface area contributed by atoms with E-state index >= 15 is 0 Å². The number of nitrogens with zero attached hydrogens (tertiary/aromatic N) is 1. The molecule has 1 unspecified atom stereocenters. The van der Waals surface area contributed by atoms with Crippen molar-refractivity contribution in [3.8, 4) is 5.75 Å². The average Bonchev–Trinajstić information content (AvgIpc) is 3.44. The minimum Gasteiger partial charge on any atom is -0.507 e. The fraction of sp³-hybridized carbons (Fsp3) is 0.125. The van der Waals surface area contributed by atoms with Crippen molar-refractivity contribution in [2.75, 3.05) is 19.1 Å². The molecule has 1 atom stereocenters. The van der Waals surface area contributed by atoms with Gasteiger partial charge in [-0.2, -0.15) is 0 Å². The molecule has 2 aromatic carbocycles. The van der Waals surface area contributed by atoms with Crippen LogP contribution in [0.4, 0.5) is 5.69 Å². The summed E-state index contributed by atoms with van der Waals surface area (Å²) in [5.74, 6) is -2.80. The van der Waals surface area contributed by atoms with Gasteiger partial charge in [0.05, 0.1) is 42.2 Å². The summed E-state index contributed by atoms with van der Waals surface area (Å²) in [5, 5.41) is 11.5. The van der Waals surface area contributed by atoms with Crippen LogP contribution in [0, 0.1) is 0 Å². The molecular formula is C24H17Cl2NO7. The highest BCUT2D eigenvalue weighted by Crippen LogP contribution is 2.45. The van der Waals surface area contributed by atoms with E-state index in [4.69, 9.17) is 37.1 Å². The number of rotatable bonds is 5. The Hall–Kier alpha value is -3.75. The van der Waals surface area contributed by atoms with E-state index in [1.54, 1.807) is 24.3 Å². The summed E-state index contributed by atoms with van der Waals surface area (Å²) in [6.45, 7) is 0. The van der Waals surface area contributed by atoms with E-state index in [1.165, 1.54) is 44.7 Å². The fourth-order valence-corrected chi connectivity index (χ4v) is 4.37. The molecule has 3 aromatic rings. The van der Waals surface area contributed by atoms with Gasteiger partial charge < -0.3 is 19.0 Å². The molecule has 174 valence electrons. The second-order valence-corrected chi connectivity index (χ2v) is 8.04. The van der Waals surface area contributed by atoms with Crippen LogP contribution in [0.3, 0.4) is 0 Å². The predicted molar refractivity (Wildman–Crippen MR) is 124 cm³/mol. The number of Topliss-reactive ketones (excluding diaryl/α,β-unsaturated/α-hetero) is 1. The molecule has 0 spiro atoms. The number of ketones is 1. The molecule has 0 radical (unpaired) electrons. The Kier molecular flexibility index (Phi) is 6.37. The molecule has 34 heavy (non-hydrogen) atoms. The van der Waals surface area contributed by atoms with Gasteiger partial charge in [-0.25, -0.2) is 4.79 Å². The molecule has 0 bridgehead atoms. The van der Waals surface area contributed by atoms with Gasteiger partial charge in [0.2, 0.25) is 0 Å². The van der Waals surface area contributed by atoms with Crippen molar-refractivity contribution in [3.63, 3.8) is 0 Å². The van der Waals surface area contributed by atoms with E-state index in [-0.39, 0.29) is 43.9 Å². The molecule has 1 aliphatic heterocycles. The normalized spacial score (nSPS) is 17.2. The smallest absolute Gasteiger partial charge is 0.337 e. The Morgan fingerprint density at radius 2 is 1.85 bits per heavy atom. The molecule has 1 aliphatic rings. The SMILES string of the molecule is COC(=O)c1cccc(N2C(=O)C(=O)/C(=C(\O)c3cc(Cl)cc(Cl)c3OC)C2c2ccco2)c1. The molecule has 1 amide bonds. The number of benzene rings is 2. The monoisotopic (exact) mass is 501 g/mol. The second kappa shape index (κ2) is 9.24. The molecule has 1 fully saturated rings. The summed E-state index contributed by atoms with van der Waals surface area (Å²) in [4.78, 5) is 39.6. The Bertz CT molecular complexity index is 1330. The summed E-state index contributed by atoms with van der Waals surface area (Å²) >= 11 is 12.3. The number of halogens is 2. The first-order valence-corrected chi connectivity index (χ1v) is 10.6. The summed E-state index contributed by atoms with van der Waals surface area (Å²) in [7, 11) is 2.57.